The molecular formula is C59H112N4O6. The normalized spacial score (nSPS) is 13.0. The first kappa shape index (κ1) is 64.6. The van der Waals surface area contributed by atoms with E-state index in [1.807, 2.05) is 12.3 Å². The maximum atomic E-state index is 12.5. The Kier molecular flexibility index (Phi) is 44.8. The molecule has 0 fully saturated rings. The van der Waals surface area contributed by atoms with Gasteiger partial charge < -0.3 is 24.0 Å². The molecule has 3 atom stereocenters. The summed E-state index contributed by atoms with van der Waals surface area (Å²) >= 11 is 0. The van der Waals surface area contributed by atoms with E-state index in [1.54, 1.807) is 0 Å². The predicted octanol–water partition coefficient (Wildman–Crippen LogP) is 15.8. The minimum atomic E-state index is -0.00847. The number of hydrogen-bond acceptors (Lipinski definition) is 9. The SMILES string of the molecule is CCCCCC(CC)OC(=O)CCCCCCCCN(CCCCCCCCC(=O)OC(CC)CCCCC)CCCN(CCCCCCCCC(=O)OC(CC)CCCCC)CCn1cccn1. The molecule has 10 heteroatoms. The topological polar surface area (TPSA) is 103 Å². The maximum absolute atomic E-state index is 12.5. The fraction of sp³-hybridized carbons (Fsp3) is 0.898. The van der Waals surface area contributed by atoms with Crippen LogP contribution in [-0.2, 0) is 35.1 Å². The van der Waals surface area contributed by atoms with Gasteiger partial charge in [-0.05, 0) is 142 Å². The van der Waals surface area contributed by atoms with Crippen molar-refractivity contribution < 1.29 is 28.6 Å². The van der Waals surface area contributed by atoms with Crippen LogP contribution in [0.3, 0.4) is 0 Å². The van der Waals surface area contributed by atoms with Crippen molar-refractivity contribution in [2.75, 3.05) is 39.3 Å². The summed E-state index contributed by atoms with van der Waals surface area (Å²) in [6, 6.07) is 2.01. The van der Waals surface area contributed by atoms with Crippen LogP contribution in [0.5, 0.6) is 0 Å². The van der Waals surface area contributed by atoms with Gasteiger partial charge in [-0.1, -0.05) is 157 Å². The summed E-state index contributed by atoms with van der Waals surface area (Å²) in [4.78, 5) is 42.8. The van der Waals surface area contributed by atoms with Crippen molar-refractivity contribution in [3.63, 3.8) is 0 Å². The molecule has 1 heterocycles. The molecule has 1 aromatic heterocycles. The quantitative estimate of drug-likeness (QED) is 0.0359. The van der Waals surface area contributed by atoms with E-state index in [0.29, 0.717) is 19.3 Å². The second-order valence-electron chi connectivity index (χ2n) is 20.5. The third-order valence-corrected chi connectivity index (χ3v) is 14.1. The number of nitrogens with zero attached hydrogens (tertiary/aromatic N) is 4. The predicted molar refractivity (Wildman–Crippen MR) is 290 cm³/mol. The summed E-state index contributed by atoms with van der Waals surface area (Å²) in [6.45, 7) is 20.6. The number of unbranched alkanes of at least 4 members (excludes halogenated alkanes) is 21. The van der Waals surface area contributed by atoms with Gasteiger partial charge in [-0.15, -0.1) is 0 Å². The van der Waals surface area contributed by atoms with Gasteiger partial charge in [-0.3, -0.25) is 19.1 Å². The summed E-state index contributed by atoms with van der Waals surface area (Å²) in [6.07, 6.45) is 44.2. The Labute approximate surface area is 426 Å². The number of carbonyl (C=O) groups is 3. The summed E-state index contributed by atoms with van der Waals surface area (Å²) in [5, 5.41) is 4.49. The van der Waals surface area contributed by atoms with Gasteiger partial charge >= 0.3 is 17.9 Å². The Balaban J connectivity index is 2.55. The maximum Gasteiger partial charge on any atom is 0.306 e. The largest absolute Gasteiger partial charge is 0.462 e. The Morgan fingerprint density at radius 2 is 0.725 bits per heavy atom. The van der Waals surface area contributed by atoms with Crippen LogP contribution >= 0.6 is 0 Å². The highest BCUT2D eigenvalue weighted by atomic mass is 16.6. The minimum Gasteiger partial charge on any atom is -0.462 e. The molecule has 0 saturated heterocycles. The molecule has 0 aliphatic carbocycles. The van der Waals surface area contributed by atoms with Crippen LogP contribution in [0.1, 0.15) is 279 Å². The molecule has 0 radical (unpaired) electrons. The standard InChI is InChI=1S/C59H112N4O6/c1-7-13-28-39-54(10-4)67-57(64)42-31-22-16-19-25-34-46-61(47-35-26-20-17-23-32-43-58(65)68-55(11-5)40-29-14-8-2)49-38-50-62(52-53-63-51-37-45-60-63)48-36-27-21-18-24-33-44-59(66)69-56(12-6)41-30-15-9-3/h37,45,51,54-56H,7-36,38-44,46-50,52-53H2,1-6H3. The van der Waals surface area contributed by atoms with Crippen LogP contribution in [-0.4, -0.2) is 95.1 Å². The summed E-state index contributed by atoms with van der Waals surface area (Å²) in [7, 11) is 0. The van der Waals surface area contributed by atoms with Crippen LogP contribution in [0.2, 0.25) is 0 Å². The summed E-state index contributed by atoms with van der Waals surface area (Å²) in [5.41, 5.74) is 0. The number of hydrogen-bond donors (Lipinski definition) is 0. The van der Waals surface area contributed by atoms with Crippen molar-refractivity contribution in [3.05, 3.63) is 18.5 Å². The lowest BCUT2D eigenvalue weighted by atomic mass is 10.1. The monoisotopic (exact) mass is 973 g/mol. The average molecular weight is 974 g/mol. The molecular weight excluding hydrogens is 861 g/mol. The van der Waals surface area contributed by atoms with Crippen molar-refractivity contribution in [1.29, 1.82) is 0 Å². The molecule has 0 saturated carbocycles. The highest BCUT2D eigenvalue weighted by Crippen LogP contribution is 2.17. The highest BCUT2D eigenvalue weighted by Gasteiger charge is 2.15. The fourth-order valence-electron chi connectivity index (χ4n) is 9.44. The minimum absolute atomic E-state index is 0.00667. The van der Waals surface area contributed by atoms with E-state index < -0.39 is 0 Å². The van der Waals surface area contributed by atoms with Crippen LogP contribution in [0.4, 0.5) is 0 Å². The summed E-state index contributed by atoms with van der Waals surface area (Å²) in [5.74, 6) is -0.0218. The molecule has 0 bridgehead atoms. The van der Waals surface area contributed by atoms with Crippen molar-refractivity contribution >= 4 is 17.9 Å². The Morgan fingerprint density at radius 3 is 1.04 bits per heavy atom. The van der Waals surface area contributed by atoms with E-state index in [4.69, 9.17) is 14.2 Å². The van der Waals surface area contributed by atoms with Crippen LogP contribution < -0.4 is 0 Å². The smallest absolute Gasteiger partial charge is 0.306 e. The van der Waals surface area contributed by atoms with Crippen LogP contribution in [0, 0.1) is 0 Å². The molecule has 1 aromatic rings. The van der Waals surface area contributed by atoms with E-state index in [1.165, 1.54) is 122 Å². The molecule has 0 aliphatic rings. The molecule has 404 valence electrons. The first-order chi connectivity index (χ1) is 33.8. The van der Waals surface area contributed by atoms with E-state index in [9.17, 15) is 14.4 Å². The van der Waals surface area contributed by atoms with Gasteiger partial charge in [0.15, 0.2) is 0 Å². The van der Waals surface area contributed by atoms with Gasteiger partial charge in [0.2, 0.25) is 0 Å². The fourth-order valence-corrected chi connectivity index (χ4v) is 9.44. The molecule has 0 amide bonds. The number of carbonyl (C=O) groups excluding carboxylic acids is 3. The number of ether oxygens (including phenoxy) is 3. The third-order valence-electron chi connectivity index (χ3n) is 14.1. The number of aromatic nitrogens is 2. The van der Waals surface area contributed by atoms with Crippen molar-refractivity contribution in [3.8, 4) is 0 Å². The lowest BCUT2D eigenvalue weighted by molar-refractivity contribution is -0.150. The molecule has 0 aromatic carbocycles. The Morgan fingerprint density at radius 1 is 0.406 bits per heavy atom. The van der Waals surface area contributed by atoms with Crippen molar-refractivity contribution in [2.45, 2.75) is 304 Å². The second kappa shape index (κ2) is 47.8. The van der Waals surface area contributed by atoms with Gasteiger partial charge in [0.25, 0.3) is 0 Å². The zero-order valence-electron chi connectivity index (χ0n) is 46.3. The number of esters is 3. The molecule has 3 unspecified atom stereocenters. The molecule has 69 heavy (non-hydrogen) atoms. The van der Waals surface area contributed by atoms with Crippen LogP contribution in [0.25, 0.3) is 0 Å². The zero-order valence-corrected chi connectivity index (χ0v) is 46.3. The molecule has 1 rings (SSSR count). The highest BCUT2D eigenvalue weighted by molar-refractivity contribution is 5.70. The molecule has 0 spiro atoms. The number of rotatable bonds is 52. The van der Waals surface area contributed by atoms with E-state index in [0.717, 1.165) is 142 Å². The molecule has 0 N–H and O–H groups in total. The second-order valence-corrected chi connectivity index (χ2v) is 20.5. The summed E-state index contributed by atoms with van der Waals surface area (Å²) < 4.78 is 19.4. The van der Waals surface area contributed by atoms with Crippen molar-refractivity contribution in [1.82, 2.24) is 19.6 Å². The zero-order chi connectivity index (χ0) is 50.3. The van der Waals surface area contributed by atoms with Gasteiger partial charge in [0.05, 0.1) is 6.54 Å². The van der Waals surface area contributed by atoms with E-state index >= 15 is 0 Å². The Hall–Kier alpha value is -2.46. The van der Waals surface area contributed by atoms with Gasteiger partial charge in [0, 0.05) is 38.2 Å². The molecule has 10 nitrogen and oxygen atoms in total. The molecule has 0 aliphatic heterocycles. The Bertz CT molecular complexity index is 1230. The van der Waals surface area contributed by atoms with Crippen LogP contribution in [0.15, 0.2) is 18.5 Å². The van der Waals surface area contributed by atoms with E-state index in [2.05, 4.69) is 67.3 Å². The average Bonchev–Trinajstić information content (AvgIpc) is 3.88. The van der Waals surface area contributed by atoms with Crippen molar-refractivity contribution in [2.24, 2.45) is 0 Å². The third kappa shape index (κ3) is 39.8. The first-order valence-corrected chi connectivity index (χ1v) is 29.8. The van der Waals surface area contributed by atoms with E-state index in [-0.39, 0.29) is 36.2 Å². The van der Waals surface area contributed by atoms with Gasteiger partial charge in [-0.2, -0.15) is 5.10 Å². The lowest BCUT2D eigenvalue weighted by Crippen LogP contribution is -2.33. The van der Waals surface area contributed by atoms with Gasteiger partial charge in [0.1, 0.15) is 18.3 Å². The lowest BCUT2D eigenvalue weighted by Gasteiger charge is -2.26. The first-order valence-electron chi connectivity index (χ1n) is 29.8. The van der Waals surface area contributed by atoms with Gasteiger partial charge in [-0.25, -0.2) is 0 Å².